The predicted molar refractivity (Wildman–Crippen MR) is 109 cm³/mol. The Morgan fingerprint density at radius 1 is 1.00 bits per heavy atom. The number of nitrogens with zero attached hydrogens (tertiary/aromatic N) is 1. The lowest BCUT2D eigenvalue weighted by Gasteiger charge is -2.30. The Morgan fingerprint density at radius 2 is 1.54 bits per heavy atom. The van der Waals surface area contributed by atoms with E-state index in [1.165, 1.54) is 9.21 Å². The maximum absolute atomic E-state index is 13.3. The second-order valence-electron chi connectivity index (χ2n) is 7.41. The number of aryl methyl sites for hydroxylation is 2. The van der Waals surface area contributed by atoms with Crippen LogP contribution in [0.25, 0.3) is 0 Å². The molecule has 1 heterocycles. The van der Waals surface area contributed by atoms with Crippen molar-refractivity contribution in [2.75, 3.05) is 43.7 Å². The minimum absolute atomic E-state index is 0.0175. The number of aliphatic hydroxyl groups excluding tert-OH is 1. The van der Waals surface area contributed by atoms with E-state index < -0.39 is 16.1 Å². The van der Waals surface area contributed by atoms with Gasteiger partial charge in [-0.05, 0) is 38.1 Å². The van der Waals surface area contributed by atoms with Crippen molar-refractivity contribution in [2.45, 2.75) is 24.8 Å². The van der Waals surface area contributed by atoms with Gasteiger partial charge in [0, 0.05) is 0 Å². The molecule has 0 bridgehead atoms. The molecule has 0 amide bonds. The normalized spacial score (nSPS) is 16.7. The van der Waals surface area contributed by atoms with Crippen LogP contribution in [0, 0.1) is 13.8 Å². The summed E-state index contributed by atoms with van der Waals surface area (Å²) in [4.78, 5) is 1.46. The first-order valence-corrected chi connectivity index (χ1v) is 11.1. The molecule has 0 unspecified atom stereocenters. The summed E-state index contributed by atoms with van der Waals surface area (Å²) in [6.07, 6.45) is -0.769. The van der Waals surface area contributed by atoms with E-state index in [-0.39, 0.29) is 11.4 Å². The summed E-state index contributed by atoms with van der Waals surface area (Å²) < 4.78 is 33.4. The largest absolute Gasteiger partial charge is 0.385 e. The SMILES string of the molecule is Cc1ccc(N(C[C@H](O)C[NH+]2CCOCC2)S(=O)(=O)c2ccc(C)cc2)cc1. The number of ether oxygens (including phenoxy) is 1. The lowest BCUT2D eigenvalue weighted by molar-refractivity contribution is -0.910. The third kappa shape index (κ3) is 5.11. The third-order valence-electron chi connectivity index (χ3n) is 5.03. The van der Waals surface area contributed by atoms with Crippen LogP contribution >= 0.6 is 0 Å². The number of hydrogen-bond acceptors (Lipinski definition) is 4. The van der Waals surface area contributed by atoms with Gasteiger partial charge in [0.1, 0.15) is 25.7 Å². The number of sulfonamides is 1. The minimum Gasteiger partial charge on any atom is -0.385 e. The quantitative estimate of drug-likeness (QED) is 0.714. The molecule has 3 rings (SSSR count). The molecule has 1 atom stereocenters. The Morgan fingerprint density at radius 3 is 2.11 bits per heavy atom. The van der Waals surface area contributed by atoms with Gasteiger partial charge in [-0.1, -0.05) is 35.4 Å². The average molecular weight is 406 g/mol. The molecule has 1 fully saturated rings. The number of anilines is 1. The van der Waals surface area contributed by atoms with E-state index in [0.717, 1.165) is 24.2 Å². The Hall–Kier alpha value is -1.93. The summed E-state index contributed by atoms with van der Waals surface area (Å²) in [6.45, 7) is 7.39. The van der Waals surface area contributed by atoms with E-state index in [4.69, 9.17) is 4.74 Å². The van der Waals surface area contributed by atoms with E-state index >= 15 is 0 Å². The first-order chi connectivity index (χ1) is 13.4. The third-order valence-corrected chi connectivity index (χ3v) is 6.84. The molecule has 1 saturated heterocycles. The molecular weight excluding hydrogens is 376 g/mol. The number of aliphatic hydroxyl groups is 1. The fraction of sp³-hybridized carbons (Fsp3) is 0.429. The maximum atomic E-state index is 13.3. The Kier molecular flexibility index (Phi) is 6.72. The van der Waals surface area contributed by atoms with Crippen LogP contribution in [0.5, 0.6) is 0 Å². The monoisotopic (exact) mass is 405 g/mol. The van der Waals surface area contributed by atoms with Gasteiger partial charge in [-0.25, -0.2) is 8.42 Å². The average Bonchev–Trinajstić information content (AvgIpc) is 2.68. The summed E-state index contributed by atoms with van der Waals surface area (Å²) in [5.74, 6) is 0. The van der Waals surface area contributed by atoms with Gasteiger partial charge < -0.3 is 14.7 Å². The van der Waals surface area contributed by atoms with Crippen molar-refractivity contribution in [3.8, 4) is 0 Å². The zero-order valence-electron chi connectivity index (χ0n) is 16.5. The number of quaternary nitrogens is 1. The second kappa shape index (κ2) is 9.05. The number of rotatable bonds is 7. The van der Waals surface area contributed by atoms with Crippen LogP contribution in [0.4, 0.5) is 5.69 Å². The molecule has 2 N–H and O–H groups in total. The molecule has 2 aromatic rings. The van der Waals surface area contributed by atoms with Gasteiger partial charge in [-0.2, -0.15) is 0 Å². The summed E-state index contributed by atoms with van der Waals surface area (Å²) >= 11 is 0. The molecule has 28 heavy (non-hydrogen) atoms. The van der Waals surface area contributed by atoms with E-state index in [2.05, 4.69) is 0 Å². The second-order valence-corrected chi connectivity index (χ2v) is 9.27. The molecule has 0 aromatic heterocycles. The molecule has 152 valence electrons. The van der Waals surface area contributed by atoms with Crippen molar-refractivity contribution in [3.63, 3.8) is 0 Å². The molecule has 0 saturated carbocycles. The van der Waals surface area contributed by atoms with Crippen LogP contribution in [0.15, 0.2) is 53.4 Å². The zero-order valence-corrected chi connectivity index (χ0v) is 17.3. The van der Waals surface area contributed by atoms with Crippen molar-refractivity contribution in [1.29, 1.82) is 0 Å². The first-order valence-electron chi connectivity index (χ1n) is 9.62. The summed E-state index contributed by atoms with van der Waals surface area (Å²) in [6, 6.07) is 14.1. The zero-order chi connectivity index (χ0) is 20.1. The Balaban J connectivity index is 1.86. The summed E-state index contributed by atoms with van der Waals surface area (Å²) in [5.41, 5.74) is 2.61. The van der Waals surface area contributed by atoms with Gasteiger partial charge in [-0.15, -0.1) is 0 Å². The highest BCUT2D eigenvalue weighted by Crippen LogP contribution is 2.24. The molecule has 2 aromatic carbocycles. The Bertz CT molecular complexity index is 860. The van der Waals surface area contributed by atoms with Crippen LogP contribution in [0.2, 0.25) is 0 Å². The number of benzene rings is 2. The van der Waals surface area contributed by atoms with Crippen LogP contribution < -0.4 is 9.21 Å². The van der Waals surface area contributed by atoms with E-state index in [0.29, 0.717) is 25.4 Å². The number of morpholine rings is 1. The van der Waals surface area contributed by atoms with Gasteiger partial charge in [0.15, 0.2) is 0 Å². The highest BCUT2D eigenvalue weighted by molar-refractivity contribution is 7.92. The molecule has 0 radical (unpaired) electrons. The predicted octanol–water partition coefficient (Wildman–Crippen LogP) is 0.775. The highest BCUT2D eigenvalue weighted by atomic mass is 32.2. The molecule has 0 aliphatic carbocycles. The lowest BCUT2D eigenvalue weighted by Crippen LogP contribution is -3.15. The van der Waals surface area contributed by atoms with Gasteiger partial charge in [0.05, 0.1) is 30.3 Å². The fourth-order valence-electron chi connectivity index (χ4n) is 3.34. The molecule has 1 aliphatic rings. The first kappa shape index (κ1) is 20.8. The van der Waals surface area contributed by atoms with Crippen LogP contribution in [0.1, 0.15) is 11.1 Å². The number of hydrogen-bond donors (Lipinski definition) is 2. The summed E-state index contributed by atoms with van der Waals surface area (Å²) in [7, 11) is -3.78. The molecule has 1 aliphatic heterocycles. The minimum atomic E-state index is -3.78. The standard InChI is InChI=1S/C21H28N2O4S/c1-17-3-7-19(8-4-17)23(16-20(24)15-22-11-13-27-14-12-22)28(25,26)21-9-5-18(2)6-10-21/h3-10,20,24H,11-16H2,1-2H3/p+1/t20-/m1/s1. The van der Waals surface area contributed by atoms with Crippen LogP contribution in [0.3, 0.4) is 0 Å². The maximum Gasteiger partial charge on any atom is 0.264 e. The van der Waals surface area contributed by atoms with E-state index in [1.807, 2.05) is 26.0 Å². The highest BCUT2D eigenvalue weighted by Gasteiger charge is 2.29. The summed E-state index contributed by atoms with van der Waals surface area (Å²) in [5, 5.41) is 10.7. The van der Waals surface area contributed by atoms with Crippen molar-refractivity contribution in [1.82, 2.24) is 0 Å². The smallest absolute Gasteiger partial charge is 0.264 e. The van der Waals surface area contributed by atoms with E-state index in [1.54, 1.807) is 36.4 Å². The van der Waals surface area contributed by atoms with E-state index in [9.17, 15) is 13.5 Å². The molecule has 0 spiro atoms. The topological polar surface area (TPSA) is 71.3 Å². The van der Waals surface area contributed by atoms with Gasteiger partial charge in [-0.3, -0.25) is 4.31 Å². The molecule has 7 heteroatoms. The fourth-order valence-corrected chi connectivity index (χ4v) is 4.85. The van der Waals surface area contributed by atoms with Crippen molar-refractivity contribution in [3.05, 3.63) is 59.7 Å². The molecular formula is C21H29N2O4S+. The molecule has 6 nitrogen and oxygen atoms in total. The van der Waals surface area contributed by atoms with Crippen LogP contribution in [-0.4, -0.2) is 59.0 Å². The van der Waals surface area contributed by atoms with Crippen molar-refractivity contribution in [2.24, 2.45) is 0 Å². The van der Waals surface area contributed by atoms with Gasteiger partial charge >= 0.3 is 0 Å². The van der Waals surface area contributed by atoms with Crippen LogP contribution in [-0.2, 0) is 14.8 Å². The lowest BCUT2D eigenvalue weighted by atomic mass is 10.2. The van der Waals surface area contributed by atoms with Crippen molar-refractivity contribution >= 4 is 15.7 Å². The number of nitrogens with one attached hydrogen (secondary N) is 1. The Labute approximate surface area is 167 Å². The van der Waals surface area contributed by atoms with Gasteiger partial charge in [0.2, 0.25) is 0 Å². The van der Waals surface area contributed by atoms with Crippen molar-refractivity contribution < 1.29 is 23.2 Å². The van der Waals surface area contributed by atoms with Gasteiger partial charge in [0.25, 0.3) is 10.0 Å².